The van der Waals surface area contributed by atoms with E-state index in [0.717, 1.165) is 0 Å². The molecule has 0 heterocycles. The summed E-state index contributed by atoms with van der Waals surface area (Å²) in [5.41, 5.74) is 6.05. The first kappa shape index (κ1) is 19.1. The molecule has 7 nitrogen and oxygen atoms in total. The summed E-state index contributed by atoms with van der Waals surface area (Å²) in [6.45, 7) is 5.47. The summed E-state index contributed by atoms with van der Waals surface area (Å²) in [7, 11) is 1.50. The zero-order valence-electron chi connectivity index (χ0n) is 14.0. The zero-order valence-corrected chi connectivity index (χ0v) is 14.0. The third kappa shape index (κ3) is 6.33. The van der Waals surface area contributed by atoms with Gasteiger partial charge in [0.2, 0.25) is 0 Å². The lowest BCUT2D eigenvalue weighted by atomic mass is 10.0. The highest BCUT2D eigenvalue weighted by Crippen LogP contribution is 2.27. The molecule has 0 aliphatic heterocycles. The minimum Gasteiger partial charge on any atom is -0.495 e. The molecule has 23 heavy (non-hydrogen) atoms. The minimum atomic E-state index is -1.11. The highest BCUT2D eigenvalue weighted by Gasteiger charge is 2.20. The Morgan fingerprint density at radius 3 is 2.52 bits per heavy atom. The molecule has 1 amide bonds. The van der Waals surface area contributed by atoms with Crippen LogP contribution in [-0.4, -0.2) is 41.7 Å². The number of aliphatic hydroxyl groups excluding tert-OH is 2. The van der Waals surface area contributed by atoms with E-state index in [1.54, 1.807) is 39.0 Å². The fourth-order valence-corrected chi connectivity index (χ4v) is 1.95. The quantitative estimate of drug-likeness (QED) is 0.590. The summed E-state index contributed by atoms with van der Waals surface area (Å²) in [5.74, 6) is 0.502. The van der Waals surface area contributed by atoms with Crippen LogP contribution in [0.15, 0.2) is 18.2 Å². The first-order valence-corrected chi connectivity index (χ1v) is 7.40. The predicted molar refractivity (Wildman–Crippen MR) is 87.2 cm³/mol. The van der Waals surface area contributed by atoms with Gasteiger partial charge in [-0.3, -0.25) is 0 Å². The van der Waals surface area contributed by atoms with Gasteiger partial charge in [-0.25, -0.2) is 4.79 Å². The predicted octanol–water partition coefficient (Wildman–Crippen LogP) is 1.59. The van der Waals surface area contributed by atoms with Gasteiger partial charge in [-0.2, -0.15) is 0 Å². The van der Waals surface area contributed by atoms with E-state index in [-0.39, 0.29) is 13.0 Å². The molecular weight excluding hydrogens is 300 g/mol. The average molecular weight is 326 g/mol. The van der Waals surface area contributed by atoms with Crippen molar-refractivity contribution in [2.75, 3.05) is 19.4 Å². The first-order chi connectivity index (χ1) is 10.6. The Hall–Kier alpha value is -1.99. The Kier molecular flexibility index (Phi) is 6.65. The molecule has 2 atom stereocenters. The summed E-state index contributed by atoms with van der Waals surface area (Å²) in [6.07, 6.45) is -2.54. The average Bonchev–Trinajstić information content (AvgIpc) is 2.44. The second-order valence-corrected chi connectivity index (χ2v) is 6.23. The van der Waals surface area contributed by atoms with Crippen molar-refractivity contribution in [3.05, 3.63) is 23.8 Å². The lowest BCUT2D eigenvalue weighted by Gasteiger charge is -2.21. The van der Waals surface area contributed by atoms with Gasteiger partial charge in [-0.15, -0.1) is 0 Å². The van der Waals surface area contributed by atoms with Gasteiger partial charge in [0.25, 0.3) is 0 Å². The van der Waals surface area contributed by atoms with Crippen molar-refractivity contribution in [3.8, 4) is 5.75 Å². The fourth-order valence-electron chi connectivity index (χ4n) is 1.95. The van der Waals surface area contributed by atoms with Gasteiger partial charge in [-0.05, 0) is 44.9 Å². The van der Waals surface area contributed by atoms with Crippen LogP contribution in [0.2, 0.25) is 0 Å². The highest BCUT2D eigenvalue weighted by molar-refractivity contribution is 5.67. The third-order valence-electron chi connectivity index (χ3n) is 3.07. The van der Waals surface area contributed by atoms with Gasteiger partial charge in [0.05, 0.1) is 18.9 Å². The highest BCUT2D eigenvalue weighted by atomic mass is 16.6. The molecule has 1 rings (SSSR count). The summed E-state index contributed by atoms with van der Waals surface area (Å²) in [6, 6.07) is 4.80. The van der Waals surface area contributed by atoms with E-state index >= 15 is 0 Å². The van der Waals surface area contributed by atoms with Gasteiger partial charge in [0, 0.05) is 6.54 Å². The van der Waals surface area contributed by atoms with Crippen LogP contribution in [0.25, 0.3) is 0 Å². The largest absolute Gasteiger partial charge is 0.495 e. The van der Waals surface area contributed by atoms with Crippen LogP contribution in [0.5, 0.6) is 5.75 Å². The number of anilines is 1. The van der Waals surface area contributed by atoms with Crippen molar-refractivity contribution < 1.29 is 24.5 Å². The van der Waals surface area contributed by atoms with Crippen LogP contribution in [0.1, 0.15) is 38.9 Å². The van der Waals surface area contributed by atoms with Crippen molar-refractivity contribution in [3.63, 3.8) is 0 Å². The maximum absolute atomic E-state index is 11.5. The lowest BCUT2D eigenvalue weighted by Crippen LogP contribution is -2.34. The number of nitrogens with two attached hydrogens (primary N) is 1. The van der Waals surface area contributed by atoms with Gasteiger partial charge in [-0.1, -0.05) is 6.07 Å². The smallest absolute Gasteiger partial charge is 0.407 e. The molecule has 0 saturated carbocycles. The second-order valence-electron chi connectivity index (χ2n) is 6.23. The first-order valence-electron chi connectivity index (χ1n) is 7.40. The van der Waals surface area contributed by atoms with Crippen molar-refractivity contribution in [2.24, 2.45) is 0 Å². The topological polar surface area (TPSA) is 114 Å². The summed E-state index contributed by atoms with van der Waals surface area (Å²) >= 11 is 0. The number of hydrogen-bond donors (Lipinski definition) is 4. The number of carbonyl (C=O) groups is 1. The maximum atomic E-state index is 11.5. The van der Waals surface area contributed by atoms with Crippen molar-refractivity contribution in [1.29, 1.82) is 0 Å². The number of methoxy groups -OCH3 is 1. The molecule has 2 unspecified atom stereocenters. The molecule has 0 spiro atoms. The number of nitrogens with one attached hydrogen (secondary N) is 1. The third-order valence-corrected chi connectivity index (χ3v) is 3.07. The number of benzene rings is 1. The van der Waals surface area contributed by atoms with Gasteiger partial charge < -0.3 is 30.7 Å². The van der Waals surface area contributed by atoms with Crippen LogP contribution < -0.4 is 15.8 Å². The molecule has 0 fully saturated rings. The van der Waals surface area contributed by atoms with E-state index in [4.69, 9.17) is 15.2 Å². The Bertz CT molecular complexity index is 528. The van der Waals surface area contributed by atoms with Crippen molar-refractivity contribution in [1.82, 2.24) is 5.32 Å². The number of hydrogen-bond acceptors (Lipinski definition) is 6. The molecule has 0 aliphatic carbocycles. The Morgan fingerprint density at radius 1 is 1.35 bits per heavy atom. The van der Waals surface area contributed by atoms with Crippen LogP contribution in [-0.2, 0) is 4.74 Å². The van der Waals surface area contributed by atoms with Crippen LogP contribution in [0.4, 0.5) is 10.5 Å². The molecular formula is C16H26N2O5. The number of alkyl carbamates (subject to hydrolysis) is 1. The zero-order chi connectivity index (χ0) is 17.6. The summed E-state index contributed by atoms with van der Waals surface area (Å²) in [4.78, 5) is 11.5. The van der Waals surface area contributed by atoms with Gasteiger partial charge >= 0.3 is 6.09 Å². The molecule has 0 saturated heterocycles. The number of rotatable bonds is 6. The SMILES string of the molecule is COc1ccc(C(O)C(O)CCNC(=O)OC(C)(C)C)cc1N. The van der Waals surface area contributed by atoms with Crippen molar-refractivity contribution in [2.45, 2.75) is 45.0 Å². The fraction of sp³-hybridized carbons (Fsp3) is 0.562. The monoisotopic (exact) mass is 326 g/mol. The number of carbonyl (C=O) groups excluding carboxylic acids is 1. The standard InChI is InChI=1S/C16H26N2O5/c1-16(2,3)23-15(21)18-8-7-12(19)14(20)10-5-6-13(22-4)11(17)9-10/h5-6,9,12,14,19-20H,7-8,17H2,1-4H3,(H,18,21). The van der Waals surface area contributed by atoms with E-state index in [2.05, 4.69) is 5.32 Å². The summed E-state index contributed by atoms with van der Waals surface area (Å²) in [5, 5.41) is 22.7. The number of nitrogen functional groups attached to an aromatic ring is 1. The lowest BCUT2D eigenvalue weighted by molar-refractivity contribution is 0.0123. The van der Waals surface area contributed by atoms with Crippen LogP contribution in [0.3, 0.4) is 0 Å². The number of aliphatic hydroxyl groups is 2. The van der Waals surface area contributed by atoms with E-state index in [1.165, 1.54) is 7.11 Å². The molecule has 0 radical (unpaired) electrons. The Balaban J connectivity index is 2.49. The van der Waals surface area contributed by atoms with Crippen LogP contribution >= 0.6 is 0 Å². The minimum absolute atomic E-state index is 0.173. The van der Waals surface area contributed by atoms with Crippen molar-refractivity contribution >= 4 is 11.8 Å². The van der Waals surface area contributed by atoms with E-state index in [1.807, 2.05) is 0 Å². The Labute approximate surface area is 136 Å². The molecule has 130 valence electrons. The van der Waals surface area contributed by atoms with E-state index in [9.17, 15) is 15.0 Å². The molecule has 0 aromatic heterocycles. The van der Waals surface area contributed by atoms with E-state index in [0.29, 0.717) is 17.0 Å². The van der Waals surface area contributed by atoms with Gasteiger partial charge in [0.1, 0.15) is 17.5 Å². The molecule has 1 aromatic carbocycles. The van der Waals surface area contributed by atoms with Crippen LogP contribution in [0, 0.1) is 0 Å². The molecule has 5 N–H and O–H groups in total. The number of ether oxygens (including phenoxy) is 2. The van der Waals surface area contributed by atoms with Gasteiger partial charge in [0.15, 0.2) is 0 Å². The second kappa shape index (κ2) is 8.03. The normalized spacial score (nSPS) is 14.0. The molecule has 1 aromatic rings. The molecule has 0 aliphatic rings. The Morgan fingerprint density at radius 2 is 2.00 bits per heavy atom. The maximum Gasteiger partial charge on any atom is 0.407 e. The molecule has 0 bridgehead atoms. The summed E-state index contributed by atoms with van der Waals surface area (Å²) < 4.78 is 10.1. The van der Waals surface area contributed by atoms with E-state index < -0.39 is 23.9 Å². The molecule has 7 heteroatoms. The number of amides is 1.